The number of benzene rings is 1. The molecular formula is C12H5Cl3F3NO. The maximum absolute atomic E-state index is 12.7. The van der Waals surface area contributed by atoms with Crippen molar-refractivity contribution in [3.8, 4) is 11.3 Å². The van der Waals surface area contributed by atoms with Gasteiger partial charge in [0.2, 0.25) is 0 Å². The second kappa shape index (κ2) is 5.31. The first-order valence-corrected chi connectivity index (χ1v) is 6.29. The summed E-state index contributed by atoms with van der Waals surface area (Å²) in [6, 6.07) is 4.21. The van der Waals surface area contributed by atoms with Crippen LogP contribution >= 0.6 is 34.8 Å². The van der Waals surface area contributed by atoms with Gasteiger partial charge < -0.3 is 4.98 Å². The van der Waals surface area contributed by atoms with Crippen LogP contribution in [0.2, 0.25) is 15.1 Å². The molecule has 0 aliphatic carbocycles. The van der Waals surface area contributed by atoms with Gasteiger partial charge in [-0.05, 0) is 12.1 Å². The van der Waals surface area contributed by atoms with E-state index in [0.717, 1.165) is 6.07 Å². The van der Waals surface area contributed by atoms with Crippen molar-refractivity contribution in [2.24, 2.45) is 0 Å². The van der Waals surface area contributed by atoms with Gasteiger partial charge in [0, 0.05) is 17.7 Å². The van der Waals surface area contributed by atoms with E-state index in [-0.39, 0.29) is 26.3 Å². The summed E-state index contributed by atoms with van der Waals surface area (Å²) in [7, 11) is 0. The maximum Gasteiger partial charge on any atom is 0.431 e. The Hall–Kier alpha value is -1.17. The van der Waals surface area contributed by atoms with Gasteiger partial charge in [0.25, 0.3) is 0 Å². The van der Waals surface area contributed by atoms with Crippen LogP contribution in [0.1, 0.15) is 5.69 Å². The Bertz CT molecular complexity index is 725. The Morgan fingerprint density at radius 3 is 2.20 bits per heavy atom. The van der Waals surface area contributed by atoms with Crippen LogP contribution in [0.3, 0.4) is 0 Å². The Kier molecular flexibility index (Phi) is 4.04. The summed E-state index contributed by atoms with van der Waals surface area (Å²) >= 11 is 17.6. The number of pyridine rings is 1. The second-order valence-electron chi connectivity index (χ2n) is 3.86. The summed E-state index contributed by atoms with van der Waals surface area (Å²) < 4.78 is 38.0. The monoisotopic (exact) mass is 341 g/mol. The van der Waals surface area contributed by atoms with Crippen molar-refractivity contribution in [2.45, 2.75) is 6.18 Å². The third-order valence-electron chi connectivity index (χ3n) is 2.46. The lowest BCUT2D eigenvalue weighted by atomic mass is 10.1. The van der Waals surface area contributed by atoms with Gasteiger partial charge in [-0.25, -0.2) is 0 Å². The molecule has 106 valence electrons. The van der Waals surface area contributed by atoms with E-state index in [0.29, 0.717) is 6.07 Å². The summed E-state index contributed by atoms with van der Waals surface area (Å²) in [6.45, 7) is 0. The van der Waals surface area contributed by atoms with Crippen molar-refractivity contribution in [1.29, 1.82) is 0 Å². The molecule has 0 saturated heterocycles. The highest BCUT2D eigenvalue weighted by atomic mass is 35.5. The highest BCUT2D eigenvalue weighted by molar-refractivity contribution is 6.46. The topological polar surface area (TPSA) is 32.9 Å². The zero-order chi connectivity index (χ0) is 15.1. The first-order chi connectivity index (χ1) is 9.20. The van der Waals surface area contributed by atoms with Crippen LogP contribution in [-0.4, -0.2) is 4.98 Å². The minimum Gasteiger partial charge on any atom is -0.351 e. The highest BCUT2D eigenvalue weighted by Gasteiger charge is 2.32. The summed E-state index contributed by atoms with van der Waals surface area (Å²) in [4.78, 5) is 13.5. The van der Waals surface area contributed by atoms with E-state index in [1.54, 1.807) is 0 Å². The van der Waals surface area contributed by atoms with Crippen LogP contribution in [0.15, 0.2) is 29.1 Å². The highest BCUT2D eigenvalue weighted by Crippen LogP contribution is 2.38. The summed E-state index contributed by atoms with van der Waals surface area (Å²) in [5, 5.41) is 0.160. The molecule has 0 fully saturated rings. The van der Waals surface area contributed by atoms with Gasteiger partial charge in [-0.3, -0.25) is 4.79 Å². The summed E-state index contributed by atoms with van der Waals surface area (Å²) in [5.74, 6) is 0. The molecule has 0 radical (unpaired) electrons. The van der Waals surface area contributed by atoms with Crippen molar-refractivity contribution in [3.63, 3.8) is 0 Å². The molecule has 0 atom stereocenters. The second-order valence-corrected chi connectivity index (χ2v) is 5.05. The smallest absolute Gasteiger partial charge is 0.351 e. The minimum absolute atomic E-state index is 0.0332. The maximum atomic E-state index is 12.7. The van der Waals surface area contributed by atoms with Crippen molar-refractivity contribution in [2.75, 3.05) is 0 Å². The SMILES string of the molecule is O=c1cc(-c2c(Cl)ccc(Cl)c2Cl)[nH]c(C(F)(F)F)c1. The number of hydrogen-bond acceptors (Lipinski definition) is 1. The van der Waals surface area contributed by atoms with Gasteiger partial charge in [-0.15, -0.1) is 0 Å². The molecule has 1 aromatic heterocycles. The molecule has 2 rings (SSSR count). The van der Waals surface area contributed by atoms with Gasteiger partial charge >= 0.3 is 6.18 Å². The number of hydrogen-bond donors (Lipinski definition) is 1. The fourth-order valence-corrected chi connectivity index (χ4v) is 2.34. The molecule has 2 aromatic rings. The normalized spacial score (nSPS) is 11.7. The first kappa shape index (κ1) is 15.2. The molecule has 8 heteroatoms. The average Bonchev–Trinajstić information content (AvgIpc) is 2.33. The van der Waals surface area contributed by atoms with E-state index < -0.39 is 17.3 Å². The molecule has 0 aliphatic rings. The van der Waals surface area contributed by atoms with Crippen molar-refractivity contribution < 1.29 is 13.2 Å². The molecule has 0 unspecified atom stereocenters. The van der Waals surface area contributed by atoms with E-state index in [2.05, 4.69) is 4.98 Å². The van der Waals surface area contributed by atoms with Gasteiger partial charge in [0.15, 0.2) is 5.43 Å². The van der Waals surface area contributed by atoms with E-state index in [9.17, 15) is 18.0 Å². The lowest BCUT2D eigenvalue weighted by molar-refractivity contribution is -0.141. The third kappa shape index (κ3) is 2.95. The molecule has 20 heavy (non-hydrogen) atoms. The van der Waals surface area contributed by atoms with Crippen LogP contribution in [0, 0.1) is 0 Å². The standard InChI is InChI=1S/C12H5Cl3F3NO/c13-6-1-2-7(14)11(15)10(6)8-3-5(20)4-9(19-8)12(16,17)18/h1-4H,(H,19,20). The van der Waals surface area contributed by atoms with E-state index >= 15 is 0 Å². The van der Waals surface area contributed by atoms with Gasteiger partial charge in [-0.1, -0.05) is 34.8 Å². The quantitative estimate of drug-likeness (QED) is 0.725. The molecule has 1 heterocycles. The lowest BCUT2D eigenvalue weighted by Gasteiger charge is -2.12. The Morgan fingerprint density at radius 2 is 1.60 bits per heavy atom. The van der Waals surface area contributed by atoms with Gasteiger partial charge in [-0.2, -0.15) is 13.2 Å². The average molecular weight is 343 g/mol. The fraction of sp³-hybridized carbons (Fsp3) is 0.0833. The number of rotatable bonds is 1. The molecule has 0 saturated carbocycles. The van der Waals surface area contributed by atoms with E-state index in [4.69, 9.17) is 34.8 Å². The molecule has 1 N–H and O–H groups in total. The molecule has 0 spiro atoms. The molecule has 0 amide bonds. The van der Waals surface area contributed by atoms with Crippen molar-refractivity contribution >= 4 is 34.8 Å². The molecule has 0 aliphatic heterocycles. The van der Waals surface area contributed by atoms with E-state index in [1.165, 1.54) is 12.1 Å². The summed E-state index contributed by atoms with van der Waals surface area (Å²) in [6.07, 6.45) is -4.69. The number of aromatic amines is 1. The van der Waals surface area contributed by atoms with Gasteiger partial charge in [0.05, 0.1) is 20.8 Å². The van der Waals surface area contributed by atoms with Crippen LogP contribution in [0.4, 0.5) is 13.2 Å². The first-order valence-electron chi connectivity index (χ1n) is 5.15. The molecule has 1 aromatic carbocycles. The fourth-order valence-electron chi connectivity index (χ4n) is 1.60. The van der Waals surface area contributed by atoms with E-state index in [1.807, 2.05) is 0 Å². The number of H-pyrrole nitrogens is 1. The lowest BCUT2D eigenvalue weighted by Crippen LogP contribution is -2.13. The molecular weight excluding hydrogens is 337 g/mol. The number of aromatic nitrogens is 1. The largest absolute Gasteiger partial charge is 0.431 e. The minimum atomic E-state index is -4.69. The number of nitrogens with one attached hydrogen (secondary N) is 1. The Morgan fingerprint density at radius 1 is 1.00 bits per heavy atom. The third-order valence-corrected chi connectivity index (χ3v) is 3.58. The molecule has 0 bridgehead atoms. The predicted molar refractivity (Wildman–Crippen MR) is 72.5 cm³/mol. The van der Waals surface area contributed by atoms with Gasteiger partial charge in [0.1, 0.15) is 5.69 Å². The zero-order valence-electron chi connectivity index (χ0n) is 9.49. The predicted octanol–water partition coefficient (Wildman–Crippen LogP) is 5.02. The zero-order valence-corrected chi connectivity index (χ0v) is 11.8. The molecule has 2 nitrogen and oxygen atoms in total. The van der Waals surface area contributed by atoms with Crippen LogP contribution < -0.4 is 5.43 Å². The van der Waals surface area contributed by atoms with Crippen LogP contribution in [-0.2, 0) is 6.18 Å². The van der Waals surface area contributed by atoms with Crippen LogP contribution in [0.5, 0.6) is 0 Å². The number of halogens is 6. The number of alkyl halides is 3. The Labute approximate surface area is 126 Å². The summed E-state index contributed by atoms with van der Waals surface area (Å²) in [5.41, 5.74) is -2.11. The Balaban J connectivity index is 2.75. The van der Waals surface area contributed by atoms with Crippen molar-refractivity contribution in [3.05, 3.63) is 55.3 Å². The van der Waals surface area contributed by atoms with Crippen LogP contribution in [0.25, 0.3) is 11.3 Å². The van der Waals surface area contributed by atoms with Crippen molar-refractivity contribution in [1.82, 2.24) is 4.98 Å².